The van der Waals surface area contributed by atoms with Crippen LogP contribution in [-0.4, -0.2) is 45.9 Å². The summed E-state index contributed by atoms with van der Waals surface area (Å²) in [5.74, 6) is 1.62. The lowest BCUT2D eigenvalue weighted by molar-refractivity contribution is -0.124. The van der Waals surface area contributed by atoms with Crippen LogP contribution in [-0.2, 0) is 14.9 Å². The van der Waals surface area contributed by atoms with Crippen LogP contribution in [0.1, 0.15) is 50.5 Å². The van der Waals surface area contributed by atoms with E-state index in [-0.39, 0.29) is 17.2 Å². The van der Waals surface area contributed by atoms with Crippen LogP contribution in [0.4, 0.5) is 0 Å². The predicted molar refractivity (Wildman–Crippen MR) is 109 cm³/mol. The van der Waals surface area contributed by atoms with Gasteiger partial charge in [-0.1, -0.05) is 25.3 Å². The van der Waals surface area contributed by atoms with Gasteiger partial charge in [0.05, 0.1) is 20.3 Å². The monoisotopic (exact) mass is 390 g/mol. The first kappa shape index (κ1) is 20.9. The first-order chi connectivity index (χ1) is 13.6. The summed E-state index contributed by atoms with van der Waals surface area (Å²) in [6.45, 7) is 2.00. The Labute approximate surface area is 168 Å². The average Bonchev–Trinajstić information content (AvgIpc) is 2.77. The van der Waals surface area contributed by atoms with Gasteiger partial charge in [-0.3, -0.25) is 4.79 Å². The zero-order valence-corrected chi connectivity index (χ0v) is 17.2. The Kier molecular flexibility index (Phi) is 7.18. The molecule has 0 bridgehead atoms. The van der Waals surface area contributed by atoms with Crippen LogP contribution >= 0.6 is 0 Å². The van der Waals surface area contributed by atoms with Gasteiger partial charge >= 0.3 is 0 Å². The van der Waals surface area contributed by atoms with Crippen molar-refractivity contribution in [2.45, 2.75) is 56.4 Å². The van der Waals surface area contributed by atoms with Crippen LogP contribution in [0.15, 0.2) is 18.2 Å². The van der Waals surface area contributed by atoms with Crippen LogP contribution in [0.5, 0.6) is 11.5 Å². The summed E-state index contributed by atoms with van der Waals surface area (Å²) < 4.78 is 16.3. The second-order valence-corrected chi connectivity index (χ2v) is 8.10. The highest BCUT2D eigenvalue weighted by Gasteiger charge is 2.36. The molecule has 3 rings (SSSR count). The maximum Gasteiger partial charge on any atom is 0.237 e. The molecule has 1 unspecified atom stereocenters. The van der Waals surface area contributed by atoms with E-state index in [1.807, 2.05) is 6.07 Å². The Balaban J connectivity index is 1.73. The van der Waals surface area contributed by atoms with Crippen molar-refractivity contribution in [2.75, 3.05) is 34.0 Å². The topological polar surface area (TPSA) is 82.8 Å². The maximum absolute atomic E-state index is 12.8. The molecule has 0 radical (unpaired) electrons. The van der Waals surface area contributed by atoms with Gasteiger partial charge in [0.1, 0.15) is 0 Å². The smallest absolute Gasteiger partial charge is 0.237 e. The average molecular weight is 391 g/mol. The normalized spacial score (nSPS) is 21.0. The number of methoxy groups -OCH3 is 2. The van der Waals surface area contributed by atoms with Crippen LogP contribution in [0.3, 0.4) is 0 Å². The van der Waals surface area contributed by atoms with Crippen LogP contribution < -0.4 is 20.5 Å². The van der Waals surface area contributed by atoms with Crippen molar-refractivity contribution in [3.63, 3.8) is 0 Å². The van der Waals surface area contributed by atoms with Gasteiger partial charge in [0.15, 0.2) is 11.5 Å². The van der Waals surface area contributed by atoms with Crippen molar-refractivity contribution < 1.29 is 19.0 Å². The second-order valence-electron chi connectivity index (χ2n) is 8.10. The predicted octanol–water partition coefficient (Wildman–Crippen LogP) is 2.78. The molecule has 1 atom stereocenters. The molecule has 1 amide bonds. The molecule has 2 fully saturated rings. The van der Waals surface area contributed by atoms with Crippen molar-refractivity contribution in [3.05, 3.63) is 23.8 Å². The molecule has 1 saturated heterocycles. The summed E-state index contributed by atoms with van der Waals surface area (Å²) in [5.41, 5.74) is 7.39. The third-order valence-electron chi connectivity index (χ3n) is 6.48. The van der Waals surface area contributed by atoms with Gasteiger partial charge in [-0.2, -0.15) is 0 Å². The Hall–Kier alpha value is -1.79. The molecule has 0 aromatic heterocycles. The minimum atomic E-state index is -0.463. The fraction of sp³-hybridized carbons (Fsp3) is 0.682. The highest BCUT2D eigenvalue weighted by Crippen LogP contribution is 2.42. The highest BCUT2D eigenvalue weighted by molar-refractivity contribution is 5.82. The Morgan fingerprint density at radius 2 is 1.86 bits per heavy atom. The van der Waals surface area contributed by atoms with E-state index >= 15 is 0 Å². The van der Waals surface area contributed by atoms with E-state index in [1.165, 1.54) is 12.0 Å². The van der Waals surface area contributed by atoms with Crippen molar-refractivity contribution >= 4 is 5.91 Å². The molecule has 0 spiro atoms. The van der Waals surface area contributed by atoms with Crippen molar-refractivity contribution in [1.29, 1.82) is 0 Å². The van der Waals surface area contributed by atoms with E-state index in [2.05, 4.69) is 17.4 Å². The number of carbonyl (C=O) groups excluding carboxylic acids is 1. The summed E-state index contributed by atoms with van der Waals surface area (Å²) in [6.07, 6.45) is 7.38. The zero-order valence-electron chi connectivity index (χ0n) is 17.2. The molecule has 1 aliphatic carbocycles. The highest BCUT2D eigenvalue weighted by atomic mass is 16.5. The number of amides is 1. The fourth-order valence-electron chi connectivity index (χ4n) is 4.63. The molecule has 1 aromatic rings. The van der Waals surface area contributed by atoms with Crippen LogP contribution in [0.2, 0.25) is 0 Å². The number of rotatable bonds is 7. The number of nitrogens with one attached hydrogen (secondary N) is 1. The van der Waals surface area contributed by atoms with Gasteiger partial charge in [-0.25, -0.2) is 0 Å². The molecule has 2 aliphatic rings. The molecule has 6 nitrogen and oxygen atoms in total. The van der Waals surface area contributed by atoms with Gasteiger partial charge in [0, 0.05) is 25.2 Å². The summed E-state index contributed by atoms with van der Waals surface area (Å²) in [7, 11) is 3.30. The van der Waals surface area contributed by atoms with Crippen molar-refractivity contribution in [2.24, 2.45) is 11.7 Å². The Bertz CT molecular complexity index is 652. The number of ether oxygens (including phenoxy) is 3. The van der Waals surface area contributed by atoms with Crippen LogP contribution in [0, 0.1) is 5.92 Å². The molecule has 1 aliphatic heterocycles. The quantitative estimate of drug-likeness (QED) is 0.748. The van der Waals surface area contributed by atoms with Gasteiger partial charge in [0.2, 0.25) is 5.91 Å². The molecule has 6 heteroatoms. The minimum absolute atomic E-state index is 0.0441. The summed E-state index contributed by atoms with van der Waals surface area (Å²) in [5, 5.41) is 3.18. The molecule has 1 heterocycles. The van der Waals surface area contributed by atoms with Crippen molar-refractivity contribution in [1.82, 2.24) is 5.32 Å². The number of benzene rings is 1. The Morgan fingerprint density at radius 3 is 2.50 bits per heavy atom. The standard InChI is InChI=1S/C22H34N2O4/c1-26-18-7-6-17(14-19(18)27-2)22(10-4-3-5-11-22)15-24-21(25)20(23)16-8-12-28-13-9-16/h6-7,14,16,20H,3-5,8-13,15,23H2,1-2H3,(H,24,25). The number of carbonyl (C=O) groups is 1. The minimum Gasteiger partial charge on any atom is -0.493 e. The SMILES string of the molecule is COc1ccc(C2(CNC(=O)C(N)C3CCOCC3)CCCCC2)cc1OC. The molecular weight excluding hydrogens is 356 g/mol. The van der Waals surface area contributed by atoms with Crippen molar-refractivity contribution in [3.8, 4) is 11.5 Å². The van der Waals surface area contributed by atoms with Gasteiger partial charge in [-0.15, -0.1) is 0 Å². The van der Waals surface area contributed by atoms with Gasteiger partial charge in [0.25, 0.3) is 0 Å². The number of nitrogens with two attached hydrogens (primary N) is 1. The lowest BCUT2D eigenvalue weighted by atomic mass is 9.69. The van der Waals surface area contributed by atoms with E-state index < -0.39 is 6.04 Å². The van der Waals surface area contributed by atoms with Gasteiger partial charge in [-0.05, 0) is 49.3 Å². The summed E-state index contributed by atoms with van der Waals surface area (Å²) in [4.78, 5) is 12.8. The second kappa shape index (κ2) is 9.61. The number of hydrogen-bond donors (Lipinski definition) is 2. The molecular formula is C22H34N2O4. The van der Waals surface area contributed by atoms with Crippen LogP contribution in [0.25, 0.3) is 0 Å². The largest absolute Gasteiger partial charge is 0.493 e. The first-order valence-electron chi connectivity index (χ1n) is 10.4. The van der Waals surface area contributed by atoms with E-state index in [1.54, 1.807) is 14.2 Å². The lowest BCUT2D eigenvalue weighted by Gasteiger charge is -2.39. The first-order valence-corrected chi connectivity index (χ1v) is 10.4. The Morgan fingerprint density at radius 1 is 1.18 bits per heavy atom. The molecule has 28 heavy (non-hydrogen) atoms. The van der Waals surface area contributed by atoms with E-state index in [0.717, 1.165) is 50.0 Å². The fourth-order valence-corrected chi connectivity index (χ4v) is 4.63. The number of hydrogen-bond acceptors (Lipinski definition) is 5. The van der Waals surface area contributed by atoms with E-state index in [0.29, 0.717) is 19.8 Å². The van der Waals surface area contributed by atoms with E-state index in [9.17, 15) is 4.79 Å². The molecule has 156 valence electrons. The third kappa shape index (κ3) is 4.61. The third-order valence-corrected chi connectivity index (χ3v) is 6.48. The molecule has 1 aromatic carbocycles. The lowest BCUT2D eigenvalue weighted by Crippen LogP contribution is -2.51. The zero-order chi connectivity index (χ0) is 20.0. The maximum atomic E-state index is 12.8. The molecule has 3 N–H and O–H groups in total. The van der Waals surface area contributed by atoms with Gasteiger partial charge < -0.3 is 25.3 Å². The summed E-state index contributed by atoms with van der Waals surface area (Å²) in [6, 6.07) is 5.67. The summed E-state index contributed by atoms with van der Waals surface area (Å²) >= 11 is 0. The van der Waals surface area contributed by atoms with E-state index in [4.69, 9.17) is 19.9 Å². The molecule has 1 saturated carbocycles.